The van der Waals surface area contributed by atoms with Gasteiger partial charge in [0.05, 0.1) is 17.7 Å². The molecule has 1 unspecified atom stereocenters. The van der Waals surface area contributed by atoms with Crippen LogP contribution in [0, 0.1) is 0 Å². The number of likely N-dealkylation sites (tertiary alicyclic amines) is 1. The summed E-state index contributed by atoms with van der Waals surface area (Å²) in [6.45, 7) is 3.09. The fraction of sp³-hybridized carbons (Fsp3) is 0.348. The number of amides is 3. The summed E-state index contributed by atoms with van der Waals surface area (Å²) in [5.41, 5.74) is 2.09. The van der Waals surface area contributed by atoms with Crippen LogP contribution in [0.1, 0.15) is 69.2 Å². The molecule has 2 aliphatic heterocycles. The quantitative estimate of drug-likeness (QED) is 0.761. The van der Waals surface area contributed by atoms with E-state index in [0.717, 1.165) is 37.8 Å². The van der Waals surface area contributed by atoms with E-state index in [2.05, 4.69) is 6.92 Å². The molecule has 28 heavy (non-hydrogen) atoms. The van der Waals surface area contributed by atoms with E-state index < -0.39 is 0 Å². The van der Waals surface area contributed by atoms with Crippen LogP contribution >= 0.6 is 0 Å². The summed E-state index contributed by atoms with van der Waals surface area (Å²) < 4.78 is 0. The van der Waals surface area contributed by atoms with E-state index in [9.17, 15) is 14.4 Å². The van der Waals surface area contributed by atoms with Gasteiger partial charge in [0.1, 0.15) is 0 Å². The van der Waals surface area contributed by atoms with E-state index in [-0.39, 0.29) is 30.3 Å². The van der Waals surface area contributed by atoms with Crippen molar-refractivity contribution < 1.29 is 14.4 Å². The summed E-state index contributed by atoms with van der Waals surface area (Å²) in [6.07, 6.45) is 4.11. The maximum atomic E-state index is 13.0. The van der Waals surface area contributed by atoms with Gasteiger partial charge in [-0.1, -0.05) is 37.3 Å². The number of nitrogens with zero attached hydrogens (tertiary/aromatic N) is 2. The fourth-order valence-electron chi connectivity index (χ4n) is 4.19. The van der Waals surface area contributed by atoms with Gasteiger partial charge in [-0.15, -0.1) is 0 Å². The van der Waals surface area contributed by atoms with Crippen LogP contribution < -0.4 is 0 Å². The smallest absolute Gasteiger partial charge is 0.261 e. The van der Waals surface area contributed by atoms with E-state index in [1.807, 2.05) is 35.2 Å². The summed E-state index contributed by atoms with van der Waals surface area (Å²) in [7, 11) is 0. The Bertz CT molecular complexity index is 923. The Morgan fingerprint density at radius 3 is 2.50 bits per heavy atom. The zero-order valence-corrected chi connectivity index (χ0v) is 16.1. The Labute approximate surface area is 164 Å². The average Bonchev–Trinajstić information content (AvgIpc) is 2.98. The number of hydrogen-bond acceptors (Lipinski definition) is 3. The molecule has 5 heteroatoms. The highest BCUT2D eigenvalue weighted by Crippen LogP contribution is 2.28. The first kappa shape index (κ1) is 18.4. The van der Waals surface area contributed by atoms with E-state index >= 15 is 0 Å². The second-order valence-electron chi connectivity index (χ2n) is 7.50. The zero-order valence-electron chi connectivity index (χ0n) is 16.1. The van der Waals surface area contributed by atoms with Crippen molar-refractivity contribution in [1.29, 1.82) is 0 Å². The third-order valence-corrected chi connectivity index (χ3v) is 5.76. The summed E-state index contributed by atoms with van der Waals surface area (Å²) in [5, 5.41) is 0. The molecule has 4 rings (SSSR count). The number of benzene rings is 2. The summed E-state index contributed by atoms with van der Waals surface area (Å²) in [4.78, 5) is 41.8. The molecular formula is C23H24N2O3. The lowest BCUT2D eigenvalue weighted by Gasteiger charge is -2.35. The molecule has 0 N–H and O–H groups in total. The number of rotatable bonds is 4. The number of fused-ring (bicyclic) bond motifs is 1. The van der Waals surface area contributed by atoms with Gasteiger partial charge in [0, 0.05) is 18.2 Å². The number of carbonyl (C=O) groups is 3. The number of hydrogen-bond donors (Lipinski definition) is 0. The predicted octanol–water partition coefficient (Wildman–Crippen LogP) is 3.89. The average molecular weight is 376 g/mol. The maximum Gasteiger partial charge on any atom is 0.261 e. The molecule has 1 saturated heterocycles. The SMILES string of the molecule is CCC1CCCCN1C(=O)c1ccc2c(c1)C(=O)N(Cc1ccccc1)C2=O. The molecule has 0 aliphatic carbocycles. The van der Waals surface area contributed by atoms with Crippen LogP contribution in [-0.2, 0) is 6.54 Å². The van der Waals surface area contributed by atoms with Crippen molar-refractivity contribution in [3.63, 3.8) is 0 Å². The molecule has 0 bridgehead atoms. The molecule has 0 radical (unpaired) electrons. The predicted molar refractivity (Wildman–Crippen MR) is 106 cm³/mol. The van der Waals surface area contributed by atoms with E-state index in [0.29, 0.717) is 16.7 Å². The first-order valence-corrected chi connectivity index (χ1v) is 9.95. The molecule has 3 amide bonds. The Kier molecular flexibility index (Phi) is 4.99. The highest BCUT2D eigenvalue weighted by molar-refractivity contribution is 6.22. The molecule has 2 heterocycles. The van der Waals surface area contributed by atoms with Gasteiger partial charge in [0.25, 0.3) is 17.7 Å². The molecule has 5 nitrogen and oxygen atoms in total. The van der Waals surface area contributed by atoms with Crippen molar-refractivity contribution in [2.24, 2.45) is 0 Å². The Morgan fingerprint density at radius 1 is 1.00 bits per heavy atom. The van der Waals surface area contributed by atoms with Gasteiger partial charge in [0.2, 0.25) is 0 Å². The van der Waals surface area contributed by atoms with Gasteiger partial charge in [-0.25, -0.2) is 0 Å². The molecule has 144 valence electrons. The monoisotopic (exact) mass is 376 g/mol. The normalized spacial score (nSPS) is 19.1. The molecule has 2 aromatic carbocycles. The van der Waals surface area contributed by atoms with Gasteiger partial charge in [-0.2, -0.15) is 0 Å². The summed E-state index contributed by atoms with van der Waals surface area (Å²) >= 11 is 0. The Morgan fingerprint density at radius 2 is 1.75 bits per heavy atom. The van der Waals surface area contributed by atoms with Crippen molar-refractivity contribution >= 4 is 17.7 Å². The third-order valence-electron chi connectivity index (χ3n) is 5.76. The second-order valence-corrected chi connectivity index (χ2v) is 7.50. The van der Waals surface area contributed by atoms with Crippen LogP contribution in [0.5, 0.6) is 0 Å². The molecule has 0 saturated carbocycles. The molecule has 2 aromatic rings. The van der Waals surface area contributed by atoms with Crippen LogP contribution in [0.25, 0.3) is 0 Å². The third kappa shape index (κ3) is 3.21. The fourth-order valence-corrected chi connectivity index (χ4v) is 4.19. The highest BCUT2D eigenvalue weighted by atomic mass is 16.2. The van der Waals surface area contributed by atoms with Gasteiger partial charge < -0.3 is 4.90 Å². The van der Waals surface area contributed by atoms with Crippen LogP contribution in [0.4, 0.5) is 0 Å². The largest absolute Gasteiger partial charge is 0.336 e. The molecule has 1 fully saturated rings. The van der Waals surface area contributed by atoms with Gasteiger partial charge in [-0.3, -0.25) is 19.3 Å². The second kappa shape index (κ2) is 7.58. The minimum atomic E-state index is -0.329. The van der Waals surface area contributed by atoms with E-state index in [1.54, 1.807) is 18.2 Å². The van der Waals surface area contributed by atoms with Crippen molar-refractivity contribution in [2.45, 2.75) is 45.2 Å². The van der Waals surface area contributed by atoms with Gasteiger partial charge in [-0.05, 0) is 49.4 Å². The Balaban J connectivity index is 1.59. The molecule has 0 spiro atoms. The minimum absolute atomic E-state index is 0.0453. The van der Waals surface area contributed by atoms with Crippen molar-refractivity contribution in [2.75, 3.05) is 6.54 Å². The maximum absolute atomic E-state index is 13.0. The lowest BCUT2D eigenvalue weighted by atomic mass is 9.98. The molecular weight excluding hydrogens is 352 g/mol. The minimum Gasteiger partial charge on any atom is -0.336 e. The van der Waals surface area contributed by atoms with Crippen molar-refractivity contribution in [3.8, 4) is 0 Å². The standard InChI is InChI=1S/C23H24N2O3/c1-2-18-10-6-7-13-24(18)21(26)17-11-12-19-20(14-17)23(28)25(22(19)27)15-16-8-4-3-5-9-16/h3-5,8-9,11-12,14,18H,2,6-7,10,13,15H2,1H3. The van der Waals surface area contributed by atoms with Gasteiger partial charge >= 0.3 is 0 Å². The molecule has 1 atom stereocenters. The first-order chi connectivity index (χ1) is 13.6. The van der Waals surface area contributed by atoms with Gasteiger partial charge in [0.15, 0.2) is 0 Å². The molecule has 0 aromatic heterocycles. The van der Waals surface area contributed by atoms with Crippen molar-refractivity contribution in [3.05, 3.63) is 70.8 Å². The number of imide groups is 1. The topological polar surface area (TPSA) is 57.7 Å². The zero-order chi connectivity index (χ0) is 19.7. The van der Waals surface area contributed by atoms with Crippen LogP contribution in [0.2, 0.25) is 0 Å². The van der Waals surface area contributed by atoms with Crippen LogP contribution in [0.15, 0.2) is 48.5 Å². The first-order valence-electron chi connectivity index (χ1n) is 9.95. The van der Waals surface area contributed by atoms with Crippen LogP contribution in [-0.4, -0.2) is 40.1 Å². The van der Waals surface area contributed by atoms with Crippen molar-refractivity contribution in [1.82, 2.24) is 9.80 Å². The highest BCUT2D eigenvalue weighted by Gasteiger charge is 2.36. The lowest BCUT2D eigenvalue weighted by Crippen LogP contribution is -2.43. The van der Waals surface area contributed by atoms with Crippen LogP contribution in [0.3, 0.4) is 0 Å². The summed E-state index contributed by atoms with van der Waals surface area (Å²) in [5.74, 6) is -0.674. The number of piperidine rings is 1. The molecule has 2 aliphatic rings. The van der Waals surface area contributed by atoms with E-state index in [1.165, 1.54) is 4.90 Å². The summed E-state index contributed by atoms with van der Waals surface area (Å²) in [6, 6.07) is 14.6. The van der Waals surface area contributed by atoms with E-state index in [4.69, 9.17) is 0 Å². The Hall–Kier alpha value is -2.95. The lowest BCUT2D eigenvalue weighted by molar-refractivity contribution is 0.0606. The number of carbonyl (C=O) groups excluding carboxylic acids is 3.